The Morgan fingerprint density at radius 1 is 0.453 bits per heavy atom. The van der Waals surface area contributed by atoms with Gasteiger partial charge in [-0.1, -0.05) is 321 Å². The molecular weight excluding hydrogens is 948 g/mol. The Bertz CT molecular complexity index is 1230. The second-order valence-corrected chi connectivity index (χ2v) is 25.9. The van der Waals surface area contributed by atoms with E-state index in [1.54, 1.807) is 0 Å². The Hall–Kier alpha value is -0.760. The number of quaternary nitrogens is 1. The minimum Gasteiger partial charge on any atom is -0.756 e. The van der Waals surface area contributed by atoms with E-state index < -0.39 is 20.0 Å². The maximum atomic E-state index is 13.0. The minimum atomic E-state index is -4.57. The fraction of sp³-hybridized carbons (Fsp3) is 0.955. The van der Waals surface area contributed by atoms with Crippen LogP contribution in [-0.4, -0.2) is 68.5 Å². The summed E-state index contributed by atoms with van der Waals surface area (Å²) in [6, 6.07) is -0.797. The maximum absolute atomic E-state index is 13.0. The van der Waals surface area contributed by atoms with Crippen molar-refractivity contribution >= 4 is 13.7 Å². The molecule has 0 radical (unpaired) electrons. The van der Waals surface area contributed by atoms with Gasteiger partial charge in [-0.15, -0.1) is 0 Å². The third kappa shape index (κ3) is 60.7. The predicted octanol–water partition coefficient (Wildman–Crippen LogP) is 20.3. The molecule has 0 aliphatic heterocycles. The monoisotopic (exact) mass is 1080 g/mol. The number of aliphatic hydroxyl groups is 1. The van der Waals surface area contributed by atoms with Crippen molar-refractivity contribution in [3.63, 3.8) is 0 Å². The first-order valence-corrected chi connectivity index (χ1v) is 35.0. The molecule has 0 spiro atoms. The number of rotatable bonds is 63. The first kappa shape index (κ1) is 74.2. The van der Waals surface area contributed by atoms with Gasteiger partial charge in [0.2, 0.25) is 5.91 Å². The summed E-state index contributed by atoms with van der Waals surface area (Å²) < 4.78 is 23.5. The van der Waals surface area contributed by atoms with Crippen LogP contribution in [-0.2, 0) is 18.4 Å². The number of phosphoric acid groups is 1. The number of aliphatic hydroxyl groups excluding tert-OH is 1. The molecule has 0 saturated heterocycles. The summed E-state index contributed by atoms with van der Waals surface area (Å²) in [5.41, 5.74) is 0. The average molecular weight is 1080 g/mol. The van der Waals surface area contributed by atoms with Gasteiger partial charge in [0.25, 0.3) is 7.82 Å². The molecular formula is C66H133N2O6P. The zero-order valence-corrected chi connectivity index (χ0v) is 52.2. The molecule has 1 amide bonds. The molecule has 0 aromatic rings. The first-order valence-electron chi connectivity index (χ1n) is 33.5. The van der Waals surface area contributed by atoms with Crippen molar-refractivity contribution in [3.05, 3.63) is 12.2 Å². The lowest BCUT2D eigenvalue weighted by atomic mass is 10.0. The van der Waals surface area contributed by atoms with E-state index in [4.69, 9.17) is 9.05 Å². The van der Waals surface area contributed by atoms with Gasteiger partial charge in [0.1, 0.15) is 13.2 Å². The Balaban J connectivity index is 3.93. The van der Waals surface area contributed by atoms with Crippen molar-refractivity contribution in [1.29, 1.82) is 0 Å². The molecule has 448 valence electrons. The molecule has 0 aliphatic rings. The summed E-state index contributed by atoms with van der Waals surface area (Å²) in [4.78, 5) is 25.6. The molecule has 0 heterocycles. The number of likely N-dealkylation sites (N-methyl/N-ethyl adjacent to an activating group) is 1. The first-order chi connectivity index (χ1) is 36.5. The van der Waals surface area contributed by atoms with Crippen molar-refractivity contribution in [1.82, 2.24) is 5.32 Å². The minimum absolute atomic E-state index is 0.0159. The Morgan fingerprint density at radius 3 is 1.04 bits per heavy atom. The van der Waals surface area contributed by atoms with Crippen LogP contribution in [0.3, 0.4) is 0 Å². The van der Waals surface area contributed by atoms with Crippen LogP contribution in [0.1, 0.15) is 354 Å². The fourth-order valence-electron chi connectivity index (χ4n) is 10.5. The Labute approximate surface area is 469 Å². The molecule has 0 aliphatic carbocycles. The van der Waals surface area contributed by atoms with Crippen LogP contribution in [0.15, 0.2) is 12.2 Å². The van der Waals surface area contributed by atoms with Crippen molar-refractivity contribution in [3.8, 4) is 0 Å². The molecule has 3 atom stereocenters. The number of nitrogens with one attached hydrogen (secondary N) is 1. The highest BCUT2D eigenvalue weighted by atomic mass is 31.2. The van der Waals surface area contributed by atoms with Gasteiger partial charge in [-0.2, -0.15) is 0 Å². The standard InChI is InChI=1S/C66H133N2O6P/c1-6-8-10-12-14-16-18-20-22-24-26-27-28-29-30-31-32-33-34-35-36-37-38-39-40-41-42-44-46-48-50-52-54-56-58-60-66(70)67-64(63-74-75(71,72)73-62-61-68(3,4)5)65(69)59-57-55-53-51-49-47-45-43-25-23-21-19-17-15-13-11-9-7-2/h24,26,64-65,69H,6-23,25,27-63H2,1-5H3,(H-,67,70,71,72)/b26-24-. The molecule has 0 aromatic heterocycles. The predicted molar refractivity (Wildman–Crippen MR) is 326 cm³/mol. The van der Waals surface area contributed by atoms with Crippen LogP contribution in [0.2, 0.25) is 0 Å². The van der Waals surface area contributed by atoms with Gasteiger partial charge in [-0.3, -0.25) is 9.36 Å². The van der Waals surface area contributed by atoms with Gasteiger partial charge in [-0.25, -0.2) is 0 Å². The Kier molecular flexibility index (Phi) is 57.3. The number of unbranched alkanes of at least 4 members (excludes halogenated alkanes) is 48. The fourth-order valence-corrected chi connectivity index (χ4v) is 11.2. The zero-order chi connectivity index (χ0) is 54.9. The number of allylic oxidation sites excluding steroid dienone is 2. The largest absolute Gasteiger partial charge is 0.756 e. The van der Waals surface area contributed by atoms with Crippen LogP contribution >= 0.6 is 7.82 Å². The van der Waals surface area contributed by atoms with Crippen LogP contribution in [0, 0.1) is 0 Å². The summed E-state index contributed by atoms with van der Waals surface area (Å²) in [5.74, 6) is -0.156. The lowest BCUT2D eigenvalue weighted by molar-refractivity contribution is -0.870. The van der Waals surface area contributed by atoms with Crippen LogP contribution in [0.4, 0.5) is 0 Å². The molecule has 0 saturated carbocycles. The van der Waals surface area contributed by atoms with E-state index in [1.165, 1.54) is 289 Å². The third-order valence-electron chi connectivity index (χ3n) is 15.8. The van der Waals surface area contributed by atoms with E-state index in [1.807, 2.05) is 21.1 Å². The summed E-state index contributed by atoms with van der Waals surface area (Å²) in [6.07, 6.45) is 72.8. The van der Waals surface area contributed by atoms with Gasteiger partial charge in [0.05, 0.1) is 39.9 Å². The molecule has 0 aromatic carbocycles. The number of amides is 1. The number of hydrogen-bond acceptors (Lipinski definition) is 6. The number of hydrogen-bond donors (Lipinski definition) is 2. The van der Waals surface area contributed by atoms with E-state index >= 15 is 0 Å². The SMILES string of the molecule is CCCCCCCCCC/C=C\CCCCCCCCCCCCCCCCCCCCCCCCCC(=O)NC(COP(=O)([O-])OCC[N+](C)(C)C)C(O)CCCCCCCCCCCCCCCCCCCC. The van der Waals surface area contributed by atoms with Crippen molar-refractivity contribution in [2.24, 2.45) is 0 Å². The second kappa shape index (κ2) is 57.9. The van der Waals surface area contributed by atoms with Crippen LogP contribution < -0.4 is 10.2 Å². The summed E-state index contributed by atoms with van der Waals surface area (Å²) >= 11 is 0. The van der Waals surface area contributed by atoms with E-state index in [9.17, 15) is 19.4 Å². The summed E-state index contributed by atoms with van der Waals surface area (Å²) in [6.45, 7) is 4.78. The van der Waals surface area contributed by atoms with Gasteiger partial charge in [0.15, 0.2) is 0 Å². The van der Waals surface area contributed by atoms with E-state index in [2.05, 4.69) is 31.3 Å². The van der Waals surface area contributed by atoms with E-state index in [-0.39, 0.29) is 19.1 Å². The van der Waals surface area contributed by atoms with Gasteiger partial charge in [0, 0.05) is 6.42 Å². The summed E-state index contributed by atoms with van der Waals surface area (Å²) in [5, 5.41) is 14.1. The molecule has 0 rings (SSSR count). The molecule has 75 heavy (non-hydrogen) atoms. The van der Waals surface area contributed by atoms with E-state index in [0.717, 1.165) is 38.5 Å². The lowest BCUT2D eigenvalue weighted by Crippen LogP contribution is -2.46. The van der Waals surface area contributed by atoms with Gasteiger partial charge >= 0.3 is 0 Å². The van der Waals surface area contributed by atoms with Crippen molar-refractivity contribution < 1.29 is 32.9 Å². The number of nitrogens with zero attached hydrogens (tertiary/aromatic N) is 1. The molecule has 9 heteroatoms. The molecule has 0 fully saturated rings. The second-order valence-electron chi connectivity index (χ2n) is 24.5. The maximum Gasteiger partial charge on any atom is 0.268 e. The highest BCUT2D eigenvalue weighted by Crippen LogP contribution is 2.38. The highest BCUT2D eigenvalue weighted by Gasteiger charge is 2.24. The molecule has 8 nitrogen and oxygen atoms in total. The van der Waals surface area contributed by atoms with Gasteiger partial charge in [-0.05, 0) is 38.5 Å². The molecule has 0 bridgehead atoms. The molecule has 2 N–H and O–H groups in total. The van der Waals surface area contributed by atoms with Crippen molar-refractivity contribution in [2.75, 3.05) is 40.9 Å². The smallest absolute Gasteiger partial charge is 0.268 e. The van der Waals surface area contributed by atoms with Crippen molar-refractivity contribution in [2.45, 2.75) is 366 Å². The van der Waals surface area contributed by atoms with Crippen LogP contribution in [0.5, 0.6) is 0 Å². The lowest BCUT2D eigenvalue weighted by Gasteiger charge is -2.30. The topological polar surface area (TPSA) is 108 Å². The summed E-state index contributed by atoms with van der Waals surface area (Å²) in [7, 11) is 1.33. The molecule has 3 unspecified atom stereocenters. The quantitative estimate of drug-likeness (QED) is 0.0272. The zero-order valence-electron chi connectivity index (χ0n) is 51.3. The van der Waals surface area contributed by atoms with Gasteiger partial charge < -0.3 is 28.8 Å². The number of carbonyl (C=O) groups is 1. The number of carbonyl (C=O) groups excluding carboxylic acids is 1. The average Bonchev–Trinajstić information content (AvgIpc) is 3.37. The highest BCUT2D eigenvalue weighted by molar-refractivity contribution is 7.45. The number of phosphoric ester groups is 1. The normalized spacial score (nSPS) is 13.7. The third-order valence-corrected chi connectivity index (χ3v) is 16.7. The van der Waals surface area contributed by atoms with Crippen LogP contribution in [0.25, 0.3) is 0 Å². The van der Waals surface area contributed by atoms with E-state index in [0.29, 0.717) is 23.9 Å². The Morgan fingerprint density at radius 2 is 0.733 bits per heavy atom.